The van der Waals surface area contributed by atoms with Gasteiger partial charge in [0.2, 0.25) is 0 Å². The Hall–Kier alpha value is -2.69. The molecule has 35 heavy (non-hydrogen) atoms. The van der Waals surface area contributed by atoms with Crippen LogP contribution >= 0.6 is 0 Å². The molecule has 2 N–H and O–H groups in total. The largest absolute Gasteiger partial charge is 0.393 e. The molecule has 1 heterocycles. The fourth-order valence-corrected chi connectivity index (χ4v) is 3.35. The quantitative estimate of drug-likeness (QED) is 0.245. The molecule has 1 radical (unpaired) electrons. The van der Waals surface area contributed by atoms with Crippen LogP contribution in [0, 0.1) is 11.5 Å². The van der Waals surface area contributed by atoms with Gasteiger partial charge in [-0.25, -0.2) is 0 Å². The predicted molar refractivity (Wildman–Crippen MR) is 139 cm³/mol. The van der Waals surface area contributed by atoms with Crippen molar-refractivity contribution < 1.29 is 30.3 Å². The van der Waals surface area contributed by atoms with Crippen LogP contribution in [-0.4, -0.2) is 32.4 Å². The minimum Gasteiger partial charge on any atom is -0.393 e. The molecule has 1 aromatic heterocycles. The van der Waals surface area contributed by atoms with Gasteiger partial charge in [-0.1, -0.05) is 81.4 Å². The Morgan fingerprint density at radius 2 is 1.37 bits per heavy atom. The van der Waals surface area contributed by atoms with E-state index in [4.69, 9.17) is 15.1 Å². The van der Waals surface area contributed by atoms with Crippen molar-refractivity contribution in [2.45, 2.75) is 46.3 Å². The van der Waals surface area contributed by atoms with Crippen molar-refractivity contribution in [3.05, 3.63) is 97.2 Å². The van der Waals surface area contributed by atoms with Crippen molar-refractivity contribution >= 4 is 0 Å². The minimum atomic E-state index is -0.410. The molecular weight excluding hydrogens is 613 g/mol. The van der Waals surface area contributed by atoms with Crippen LogP contribution in [0.5, 0.6) is 0 Å². The van der Waals surface area contributed by atoms with Crippen LogP contribution in [0.15, 0.2) is 91.1 Å². The Balaban J connectivity index is 0.000000338. The average molecular weight is 646 g/mol. The van der Waals surface area contributed by atoms with Crippen molar-refractivity contribution in [2.24, 2.45) is 5.41 Å². The number of nitrogens with zero attached hydrogens (tertiary/aromatic N) is 2. The first kappa shape index (κ1) is 28.5. The van der Waals surface area contributed by atoms with Crippen LogP contribution in [0.25, 0.3) is 33.8 Å². The normalized spacial score (nSPS) is 12.5. The van der Waals surface area contributed by atoms with Gasteiger partial charge >= 0.3 is 0 Å². The monoisotopic (exact) mass is 646 g/mol. The third-order valence-corrected chi connectivity index (χ3v) is 5.42. The number of hydrogen-bond donors (Lipinski definition) is 2. The van der Waals surface area contributed by atoms with E-state index in [1.807, 2.05) is 99.8 Å². The van der Waals surface area contributed by atoms with Gasteiger partial charge in [0.1, 0.15) is 0 Å². The molecule has 0 amide bonds. The summed E-state index contributed by atoms with van der Waals surface area (Å²) in [6.45, 7) is 7.56. The summed E-state index contributed by atoms with van der Waals surface area (Å²) >= 11 is 0. The van der Waals surface area contributed by atoms with E-state index >= 15 is 0 Å². The van der Waals surface area contributed by atoms with Crippen molar-refractivity contribution in [3.63, 3.8) is 0 Å². The minimum absolute atomic E-state index is 0. The molecule has 3 aromatic carbocycles. The predicted octanol–water partition coefficient (Wildman–Crippen LogP) is 6.44. The Morgan fingerprint density at radius 1 is 0.800 bits per heavy atom. The van der Waals surface area contributed by atoms with Gasteiger partial charge in [0.15, 0.2) is 0 Å². The maximum absolute atomic E-state index is 9.40. The van der Waals surface area contributed by atoms with Crippen LogP contribution in [0.1, 0.15) is 34.1 Å². The molecule has 5 heteroatoms. The zero-order chi connectivity index (χ0) is 24.6. The molecule has 4 aromatic rings. The van der Waals surface area contributed by atoms with E-state index in [2.05, 4.69) is 18.2 Å². The number of aliphatic hydroxyl groups is 2. The molecule has 0 aliphatic rings. The molecule has 0 saturated heterocycles. The topological polar surface area (TPSA) is 66.2 Å². The number of hydrogen-bond acceptors (Lipinski definition) is 4. The van der Waals surface area contributed by atoms with E-state index in [0.717, 1.165) is 33.8 Å². The van der Waals surface area contributed by atoms with Gasteiger partial charge in [-0.3, -0.25) is 4.98 Å². The smallest absolute Gasteiger partial charge is 0.0873 e. The van der Waals surface area contributed by atoms with Crippen molar-refractivity contribution in [3.8, 4) is 33.8 Å². The van der Waals surface area contributed by atoms with Crippen molar-refractivity contribution in [1.29, 1.82) is 0 Å². The van der Waals surface area contributed by atoms with E-state index in [1.165, 1.54) is 0 Å². The Kier molecular flexibility index (Phi) is 10.9. The summed E-state index contributed by atoms with van der Waals surface area (Å²) in [4.78, 5) is 9.61. The standard InChI is InChI=1S/C22H15N2.C8H18O2.Ir/c1-4-10-17(11-5-1)20-16-23-21(18-12-6-2-7-13-18)22(24-20)19-14-8-3-9-15-19;1-6(9)5-7(10)8(2,3)4;/h1-12,14-16H;6-7,9-10H,5H2,1-4H3;/q-1;;. The van der Waals surface area contributed by atoms with Crippen LogP contribution in [0.4, 0.5) is 0 Å². The first-order valence-electron chi connectivity index (χ1n) is 11.6. The van der Waals surface area contributed by atoms with E-state index in [-0.39, 0.29) is 25.5 Å². The Morgan fingerprint density at radius 3 is 1.86 bits per heavy atom. The number of benzene rings is 3. The molecule has 4 nitrogen and oxygen atoms in total. The number of aliphatic hydroxyl groups excluding tert-OH is 2. The molecular formula is C30H33IrN2O2-. The molecule has 4 rings (SSSR count). The molecule has 2 unspecified atom stereocenters. The molecule has 0 aliphatic carbocycles. The van der Waals surface area contributed by atoms with Gasteiger partial charge in [-0.05, 0) is 24.3 Å². The Labute approximate surface area is 222 Å². The molecule has 2 atom stereocenters. The summed E-state index contributed by atoms with van der Waals surface area (Å²) in [7, 11) is 0. The molecule has 0 fully saturated rings. The second kappa shape index (κ2) is 13.4. The van der Waals surface area contributed by atoms with E-state index < -0.39 is 12.2 Å². The summed E-state index contributed by atoms with van der Waals surface area (Å²) in [5.41, 5.74) is 5.54. The number of rotatable bonds is 5. The molecule has 0 spiro atoms. The van der Waals surface area contributed by atoms with Crippen molar-refractivity contribution in [1.82, 2.24) is 9.97 Å². The summed E-state index contributed by atoms with van der Waals surface area (Å²) in [6, 6.07) is 31.4. The summed E-state index contributed by atoms with van der Waals surface area (Å²) in [6.07, 6.45) is 1.48. The zero-order valence-corrected chi connectivity index (χ0v) is 23.0. The average Bonchev–Trinajstić information content (AvgIpc) is 2.85. The molecule has 0 aliphatic heterocycles. The van der Waals surface area contributed by atoms with Gasteiger partial charge in [0.25, 0.3) is 0 Å². The van der Waals surface area contributed by atoms with Crippen LogP contribution in [0.3, 0.4) is 0 Å². The van der Waals surface area contributed by atoms with Gasteiger partial charge in [0.05, 0.1) is 23.6 Å². The van der Waals surface area contributed by atoms with E-state index in [9.17, 15) is 5.11 Å². The zero-order valence-electron chi connectivity index (χ0n) is 20.6. The van der Waals surface area contributed by atoms with Crippen LogP contribution in [0.2, 0.25) is 0 Å². The van der Waals surface area contributed by atoms with E-state index in [1.54, 1.807) is 6.92 Å². The third kappa shape index (κ3) is 8.48. The summed E-state index contributed by atoms with van der Waals surface area (Å²) < 4.78 is 0. The maximum Gasteiger partial charge on any atom is 0.0873 e. The first-order valence-corrected chi connectivity index (χ1v) is 11.6. The van der Waals surface area contributed by atoms with Crippen molar-refractivity contribution in [2.75, 3.05) is 0 Å². The van der Waals surface area contributed by atoms with Gasteiger partial charge in [0, 0.05) is 37.6 Å². The second-order valence-electron chi connectivity index (χ2n) is 9.43. The third-order valence-electron chi connectivity index (χ3n) is 5.42. The second-order valence-corrected chi connectivity index (χ2v) is 9.43. The van der Waals surface area contributed by atoms with Crippen LogP contribution < -0.4 is 0 Å². The first-order chi connectivity index (χ1) is 16.3. The summed E-state index contributed by atoms with van der Waals surface area (Å²) in [5, 5.41) is 18.3. The van der Waals surface area contributed by atoms with Crippen LogP contribution in [-0.2, 0) is 20.1 Å². The van der Waals surface area contributed by atoms with E-state index in [0.29, 0.717) is 6.42 Å². The fraction of sp³-hybridized carbons (Fsp3) is 0.267. The Bertz CT molecular complexity index is 1150. The van der Waals surface area contributed by atoms with Gasteiger partial charge < -0.3 is 15.2 Å². The fourth-order valence-electron chi connectivity index (χ4n) is 3.35. The SMILES string of the molecule is CC(O)CC(O)C(C)(C)C.[Ir].[c-]1ccccc1-c1ncc(-c2ccccc2)nc1-c1ccccc1. The maximum atomic E-state index is 9.40. The van der Waals surface area contributed by atoms with Gasteiger partial charge in [-0.2, -0.15) is 0 Å². The molecule has 0 bridgehead atoms. The number of aromatic nitrogens is 2. The van der Waals surface area contributed by atoms with Gasteiger partial charge in [-0.15, -0.1) is 35.9 Å². The molecule has 185 valence electrons. The molecule has 0 saturated carbocycles. The summed E-state index contributed by atoms with van der Waals surface area (Å²) in [5.74, 6) is 0.